The average Bonchev–Trinajstić information content (AvgIpc) is 3.70. The molecular formula is C43H41BrFN3O5Si. The largest absolute Gasteiger partial charge is 0.395 e. The van der Waals surface area contributed by atoms with E-state index in [1.54, 1.807) is 27.8 Å². The highest BCUT2D eigenvalue weighted by molar-refractivity contribution is 9.10. The first-order valence-electron chi connectivity index (χ1n) is 18.3. The van der Waals surface area contributed by atoms with Crippen molar-refractivity contribution in [1.82, 2.24) is 4.90 Å². The fourth-order valence-corrected chi connectivity index (χ4v) is 11.9. The molecule has 3 aliphatic heterocycles. The summed E-state index contributed by atoms with van der Waals surface area (Å²) in [4.78, 5) is 47.7. The van der Waals surface area contributed by atoms with Gasteiger partial charge in [0.05, 0.1) is 42.6 Å². The number of hydrogen-bond acceptors (Lipinski definition) is 5. The maximum Gasteiger partial charge on any atom is 0.264 e. The molecule has 1 spiro atoms. The van der Waals surface area contributed by atoms with E-state index in [-0.39, 0.29) is 43.8 Å². The van der Waals surface area contributed by atoms with Crippen molar-refractivity contribution in [3.05, 3.63) is 136 Å². The molecule has 276 valence electrons. The van der Waals surface area contributed by atoms with Gasteiger partial charge in [-0.05, 0) is 72.1 Å². The summed E-state index contributed by atoms with van der Waals surface area (Å²) in [6.07, 6.45) is -0.984. The number of ether oxygens (including phenoxy) is 1. The van der Waals surface area contributed by atoms with E-state index in [1.165, 1.54) is 0 Å². The van der Waals surface area contributed by atoms with Crippen molar-refractivity contribution in [3.63, 3.8) is 0 Å². The quantitative estimate of drug-likeness (QED) is 0.113. The Morgan fingerprint density at radius 2 is 1.65 bits per heavy atom. The predicted octanol–water partition coefficient (Wildman–Crippen LogP) is 8.63. The van der Waals surface area contributed by atoms with Crippen LogP contribution in [0.4, 0.5) is 21.2 Å². The molecule has 3 aliphatic rings. The van der Waals surface area contributed by atoms with Gasteiger partial charge in [0.25, 0.3) is 11.8 Å². The van der Waals surface area contributed by atoms with E-state index < -0.39 is 31.6 Å². The molecule has 3 heterocycles. The second-order valence-electron chi connectivity index (χ2n) is 15.0. The van der Waals surface area contributed by atoms with Gasteiger partial charge in [-0.1, -0.05) is 89.6 Å². The first kappa shape index (κ1) is 36.3. The zero-order valence-electron chi connectivity index (χ0n) is 30.3. The summed E-state index contributed by atoms with van der Waals surface area (Å²) < 4.78 is 24.2. The van der Waals surface area contributed by atoms with Crippen LogP contribution in [0.25, 0.3) is 10.8 Å². The predicted molar refractivity (Wildman–Crippen MR) is 214 cm³/mol. The Balaban J connectivity index is 1.12. The molecule has 54 heavy (non-hydrogen) atoms. The number of carbonyl (C=O) groups excluding carboxylic acids is 3. The van der Waals surface area contributed by atoms with Gasteiger partial charge >= 0.3 is 0 Å². The van der Waals surface area contributed by atoms with Crippen LogP contribution in [0.15, 0.2) is 114 Å². The highest BCUT2D eigenvalue weighted by Gasteiger charge is 2.67. The topological polar surface area (TPSA) is 90.4 Å². The molecule has 3 amide bonds. The molecule has 5 aromatic rings. The van der Waals surface area contributed by atoms with Crippen LogP contribution in [-0.2, 0) is 33.0 Å². The van der Waals surface area contributed by atoms with Gasteiger partial charge < -0.3 is 23.8 Å². The Bertz CT molecular complexity index is 2300. The highest BCUT2D eigenvalue weighted by Crippen LogP contribution is 2.60. The van der Waals surface area contributed by atoms with E-state index in [0.29, 0.717) is 29.0 Å². The molecule has 0 radical (unpaired) electrons. The van der Waals surface area contributed by atoms with Gasteiger partial charge in [-0.15, -0.1) is 0 Å². The molecule has 0 unspecified atom stereocenters. The van der Waals surface area contributed by atoms with Gasteiger partial charge in [-0.2, -0.15) is 0 Å². The summed E-state index contributed by atoms with van der Waals surface area (Å²) in [7, 11) is -3.54. The van der Waals surface area contributed by atoms with Crippen LogP contribution in [0, 0.1) is 5.92 Å². The van der Waals surface area contributed by atoms with Crippen molar-refractivity contribution >= 4 is 69.9 Å². The zero-order chi connectivity index (χ0) is 37.9. The van der Waals surface area contributed by atoms with Crippen molar-refractivity contribution in [2.75, 3.05) is 23.0 Å². The number of carbonyl (C=O) groups is 3. The summed E-state index contributed by atoms with van der Waals surface area (Å²) in [6, 6.07) is 34.4. The molecule has 0 aromatic heterocycles. The number of halogens is 2. The Labute approximate surface area is 323 Å². The van der Waals surface area contributed by atoms with E-state index in [9.17, 15) is 14.7 Å². The van der Waals surface area contributed by atoms with Gasteiger partial charge in [0, 0.05) is 45.7 Å². The van der Waals surface area contributed by atoms with Crippen molar-refractivity contribution < 1.29 is 28.3 Å². The minimum atomic E-state index is -3.54. The SMILES string of the molecule is C[C@H]1[C@H]([Si](C)(C)F)[C@@H](CC(=O)N(CCO)Cc2ccccc2)O[C@]12C(=O)N(Cc1cccc(N3C(=O)c4cccc5cccc3c45)c1)c1ccc(Br)cc12. The third-order valence-electron chi connectivity index (χ3n) is 11.3. The van der Waals surface area contributed by atoms with Crippen molar-refractivity contribution in [2.45, 2.75) is 56.8 Å². The number of rotatable bonds is 10. The van der Waals surface area contributed by atoms with Crippen LogP contribution >= 0.6 is 15.9 Å². The van der Waals surface area contributed by atoms with E-state index in [4.69, 9.17) is 4.74 Å². The molecule has 0 saturated carbocycles. The number of benzene rings is 5. The fraction of sp³-hybridized carbons (Fsp3) is 0.279. The molecule has 1 N–H and O–H groups in total. The summed E-state index contributed by atoms with van der Waals surface area (Å²) in [5.41, 5.74) is 2.98. The molecule has 5 aromatic carbocycles. The number of nitrogens with zero attached hydrogens (tertiary/aromatic N) is 3. The first-order chi connectivity index (χ1) is 25.9. The number of anilines is 3. The van der Waals surface area contributed by atoms with E-state index in [2.05, 4.69) is 15.9 Å². The Morgan fingerprint density at radius 3 is 2.39 bits per heavy atom. The van der Waals surface area contributed by atoms with Crippen LogP contribution in [-0.4, -0.2) is 55.4 Å². The standard InChI is InChI=1S/C43H41BrFN3O5Si/c1-27-40(54(2,3)45)37(24-38(50)46(20-21-49)25-28-10-5-4-6-11-28)53-43(27)34-23-31(44)18-19-35(34)47(42(43)52)26-29-12-7-15-32(22-29)48-36-17-9-14-30-13-8-16-33(39(30)36)41(48)51/h4-19,22-23,27,37,40,49H,20-21,24-26H2,1-3H3/t27-,37+,40-,43+/m0/s1. The van der Waals surface area contributed by atoms with Gasteiger partial charge in [0.1, 0.15) is 0 Å². The number of fused-ring (bicyclic) bond motifs is 2. The van der Waals surface area contributed by atoms with Gasteiger partial charge in [0.15, 0.2) is 5.60 Å². The molecule has 1 saturated heterocycles. The highest BCUT2D eigenvalue weighted by atomic mass is 79.9. The second-order valence-corrected chi connectivity index (χ2v) is 19.8. The van der Waals surface area contributed by atoms with E-state index >= 15 is 8.90 Å². The summed E-state index contributed by atoms with van der Waals surface area (Å²) in [5, 5.41) is 11.8. The normalized spacial score (nSPS) is 21.8. The third kappa shape index (κ3) is 5.98. The molecule has 0 bridgehead atoms. The molecule has 8 nitrogen and oxygen atoms in total. The lowest BCUT2D eigenvalue weighted by Crippen LogP contribution is -2.45. The fourth-order valence-electron chi connectivity index (χ4n) is 9.04. The lowest BCUT2D eigenvalue weighted by atomic mass is 9.82. The number of aliphatic hydroxyl groups excluding tert-OH is 1. The third-order valence-corrected chi connectivity index (χ3v) is 14.3. The Hall–Kier alpha value is -4.68. The maximum atomic E-state index is 16.5. The Kier molecular flexibility index (Phi) is 9.32. The summed E-state index contributed by atoms with van der Waals surface area (Å²) in [5.74, 6) is -1.27. The minimum Gasteiger partial charge on any atom is -0.395 e. The first-order valence-corrected chi connectivity index (χ1v) is 22.0. The lowest BCUT2D eigenvalue weighted by Gasteiger charge is -2.31. The number of amides is 3. The van der Waals surface area contributed by atoms with Crippen molar-refractivity contribution in [3.8, 4) is 0 Å². The van der Waals surface area contributed by atoms with E-state index in [1.807, 2.05) is 116 Å². The van der Waals surface area contributed by atoms with Crippen LogP contribution < -0.4 is 9.80 Å². The molecule has 11 heteroatoms. The lowest BCUT2D eigenvalue weighted by molar-refractivity contribution is -0.150. The van der Waals surface area contributed by atoms with Crippen molar-refractivity contribution in [2.24, 2.45) is 5.92 Å². The second kappa shape index (κ2) is 13.9. The van der Waals surface area contributed by atoms with Gasteiger partial charge in [0.2, 0.25) is 14.3 Å². The monoisotopic (exact) mass is 805 g/mol. The molecule has 1 fully saturated rings. The van der Waals surface area contributed by atoms with Crippen LogP contribution in [0.2, 0.25) is 18.6 Å². The molecule has 8 rings (SSSR count). The molecule has 0 aliphatic carbocycles. The molecule has 4 atom stereocenters. The van der Waals surface area contributed by atoms with Crippen LogP contribution in [0.1, 0.15) is 40.4 Å². The molecular weight excluding hydrogens is 765 g/mol. The smallest absolute Gasteiger partial charge is 0.264 e. The summed E-state index contributed by atoms with van der Waals surface area (Å²) in [6.45, 7) is 5.49. The van der Waals surface area contributed by atoms with Crippen LogP contribution in [0.3, 0.4) is 0 Å². The number of aliphatic hydroxyl groups is 1. The number of hydrogen-bond donors (Lipinski definition) is 1. The van der Waals surface area contributed by atoms with Gasteiger partial charge in [-0.25, -0.2) is 0 Å². The zero-order valence-corrected chi connectivity index (χ0v) is 32.9. The van der Waals surface area contributed by atoms with E-state index in [0.717, 1.165) is 32.1 Å². The van der Waals surface area contributed by atoms with Gasteiger partial charge in [-0.3, -0.25) is 19.3 Å². The maximum absolute atomic E-state index is 16.5. The van der Waals surface area contributed by atoms with Crippen LogP contribution in [0.5, 0.6) is 0 Å². The average molecular weight is 807 g/mol. The van der Waals surface area contributed by atoms with Crippen molar-refractivity contribution in [1.29, 1.82) is 0 Å². The summed E-state index contributed by atoms with van der Waals surface area (Å²) >= 11 is 3.60. The minimum absolute atomic E-state index is 0.107. The Morgan fingerprint density at radius 1 is 0.926 bits per heavy atom.